The van der Waals surface area contributed by atoms with E-state index in [-0.39, 0.29) is 24.7 Å². The Kier molecular flexibility index (Phi) is 6.32. The van der Waals surface area contributed by atoms with Crippen molar-refractivity contribution in [1.29, 1.82) is 0 Å². The first-order valence-corrected chi connectivity index (χ1v) is 9.74. The molecule has 0 aromatic heterocycles. The molecule has 1 heterocycles. The number of anilines is 1. The number of hydrogen-bond donors (Lipinski definition) is 0. The minimum absolute atomic E-state index is 0.0464. The summed E-state index contributed by atoms with van der Waals surface area (Å²) in [6.45, 7) is 6.04. The lowest BCUT2D eigenvalue weighted by Gasteiger charge is -2.20. The molecule has 1 saturated heterocycles. The molecule has 0 spiro atoms. The lowest BCUT2D eigenvalue weighted by molar-refractivity contribution is -0.151. The molecule has 0 aliphatic carbocycles. The molecule has 0 saturated carbocycles. The van der Waals surface area contributed by atoms with Gasteiger partial charge in [0.1, 0.15) is 5.75 Å². The van der Waals surface area contributed by atoms with Crippen LogP contribution in [0, 0.1) is 12.8 Å². The Bertz CT molecular complexity index is 906. The standard InChI is InChI=1S/C23H25NO5/c1-4-28-20-8-6-5-7-19(20)24-14-18(13-21(24)25)23(27)29-16(3)22(26)17-11-9-15(2)10-12-17/h5-12,16,18H,4,13-14H2,1-3H3/t16-,18-/m1/s1. The van der Waals surface area contributed by atoms with E-state index >= 15 is 0 Å². The van der Waals surface area contributed by atoms with Gasteiger partial charge in [-0.1, -0.05) is 42.0 Å². The first kappa shape index (κ1) is 20.6. The van der Waals surface area contributed by atoms with Gasteiger partial charge in [-0.15, -0.1) is 0 Å². The van der Waals surface area contributed by atoms with E-state index in [1.807, 2.05) is 38.1 Å². The molecule has 2 aromatic carbocycles. The Labute approximate surface area is 170 Å². The van der Waals surface area contributed by atoms with Crippen LogP contribution in [0.2, 0.25) is 0 Å². The molecule has 1 fully saturated rings. The van der Waals surface area contributed by atoms with Crippen LogP contribution in [0.5, 0.6) is 5.75 Å². The van der Waals surface area contributed by atoms with Gasteiger partial charge in [0.15, 0.2) is 6.10 Å². The van der Waals surface area contributed by atoms with Gasteiger partial charge < -0.3 is 14.4 Å². The van der Waals surface area contributed by atoms with E-state index in [0.29, 0.717) is 23.6 Å². The Hall–Kier alpha value is -3.15. The highest BCUT2D eigenvalue weighted by Crippen LogP contribution is 2.33. The summed E-state index contributed by atoms with van der Waals surface area (Å²) in [6.07, 6.45) is -0.866. The zero-order chi connectivity index (χ0) is 21.0. The third-order valence-corrected chi connectivity index (χ3v) is 4.91. The summed E-state index contributed by atoms with van der Waals surface area (Å²) >= 11 is 0. The fourth-order valence-corrected chi connectivity index (χ4v) is 3.33. The normalized spacial score (nSPS) is 17.1. The van der Waals surface area contributed by atoms with Crippen LogP contribution in [0.25, 0.3) is 0 Å². The number of benzene rings is 2. The number of esters is 1. The number of ether oxygens (including phenoxy) is 2. The van der Waals surface area contributed by atoms with Crippen LogP contribution in [0.15, 0.2) is 48.5 Å². The monoisotopic (exact) mass is 395 g/mol. The van der Waals surface area contributed by atoms with Crippen LogP contribution in [-0.2, 0) is 14.3 Å². The molecule has 29 heavy (non-hydrogen) atoms. The van der Waals surface area contributed by atoms with Gasteiger partial charge in [-0.3, -0.25) is 14.4 Å². The molecule has 2 atom stereocenters. The van der Waals surface area contributed by atoms with Crippen molar-refractivity contribution >= 4 is 23.3 Å². The Morgan fingerprint density at radius 1 is 1.14 bits per heavy atom. The van der Waals surface area contributed by atoms with Gasteiger partial charge in [-0.25, -0.2) is 0 Å². The molecule has 0 N–H and O–H groups in total. The summed E-state index contributed by atoms with van der Waals surface area (Å²) in [5.74, 6) is -0.994. The van der Waals surface area contributed by atoms with E-state index in [9.17, 15) is 14.4 Å². The molecule has 1 aliphatic rings. The zero-order valence-electron chi connectivity index (χ0n) is 16.9. The molecule has 0 unspecified atom stereocenters. The summed E-state index contributed by atoms with van der Waals surface area (Å²) in [7, 11) is 0. The summed E-state index contributed by atoms with van der Waals surface area (Å²) in [5.41, 5.74) is 2.17. The third kappa shape index (κ3) is 4.65. The average Bonchev–Trinajstić information content (AvgIpc) is 3.10. The molecular formula is C23H25NO5. The minimum Gasteiger partial charge on any atom is -0.492 e. The molecule has 152 valence electrons. The molecule has 6 nitrogen and oxygen atoms in total. The fourth-order valence-electron chi connectivity index (χ4n) is 3.33. The maximum Gasteiger partial charge on any atom is 0.312 e. The van der Waals surface area contributed by atoms with Crippen LogP contribution in [0.3, 0.4) is 0 Å². The van der Waals surface area contributed by atoms with Crippen molar-refractivity contribution in [2.45, 2.75) is 33.3 Å². The van der Waals surface area contributed by atoms with Gasteiger partial charge >= 0.3 is 5.97 Å². The van der Waals surface area contributed by atoms with Gasteiger partial charge in [0, 0.05) is 18.5 Å². The van der Waals surface area contributed by atoms with Crippen LogP contribution in [0.1, 0.15) is 36.2 Å². The minimum atomic E-state index is -0.912. The van der Waals surface area contributed by atoms with Crippen LogP contribution in [0.4, 0.5) is 5.69 Å². The van der Waals surface area contributed by atoms with Gasteiger partial charge in [-0.05, 0) is 32.9 Å². The Balaban J connectivity index is 1.66. The zero-order valence-corrected chi connectivity index (χ0v) is 16.9. The number of hydrogen-bond acceptors (Lipinski definition) is 5. The summed E-state index contributed by atoms with van der Waals surface area (Å²) in [4.78, 5) is 39.2. The lowest BCUT2D eigenvalue weighted by atomic mass is 10.1. The predicted molar refractivity (Wildman–Crippen MR) is 109 cm³/mol. The predicted octanol–water partition coefficient (Wildman–Crippen LogP) is 3.56. The average molecular weight is 395 g/mol. The van der Waals surface area contributed by atoms with Crippen LogP contribution in [-0.4, -0.2) is 36.9 Å². The highest BCUT2D eigenvalue weighted by Gasteiger charge is 2.38. The van der Waals surface area contributed by atoms with Crippen molar-refractivity contribution in [3.05, 3.63) is 59.7 Å². The maximum atomic E-state index is 12.6. The van der Waals surface area contributed by atoms with E-state index < -0.39 is 18.0 Å². The summed E-state index contributed by atoms with van der Waals surface area (Å²) < 4.78 is 11.0. The first-order chi connectivity index (χ1) is 13.9. The van der Waals surface area contributed by atoms with Crippen molar-refractivity contribution in [3.63, 3.8) is 0 Å². The topological polar surface area (TPSA) is 72.9 Å². The van der Waals surface area contributed by atoms with E-state index in [1.54, 1.807) is 36.1 Å². The number of carbonyl (C=O) groups excluding carboxylic acids is 3. The second kappa shape index (κ2) is 8.90. The lowest BCUT2D eigenvalue weighted by Crippen LogP contribution is -2.30. The second-order valence-electron chi connectivity index (χ2n) is 7.12. The molecule has 3 rings (SSSR count). The maximum absolute atomic E-state index is 12.6. The van der Waals surface area contributed by atoms with Gasteiger partial charge in [0.2, 0.25) is 11.7 Å². The van der Waals surface area contributed by atoms with E-state index in [0.717, 1.165) is 5.56 Å². The van der Waals surface area contributed by atoms with Crippen molar-refractivity contribution < 1.29 is 23.9 Å². The molecule has 0 bridgehead atoms. The Morgan fingerprint density at radius 3 is 2.52 bits per heavy atom. The number of Topliss-reactive ketones (excluding diaryl/α,β-unsaturated/α-hetero) is 1. The number of aryl methyl sites for hydroxylation is 1. The number of para-hydroxylation sites is 2. The van der Waals surface area contributed by atoms with Crippen molar-refractivity contribution in [3.8, 4) is 5.75 Å². The largest absolute Gasteiger partial charge is 0.492 e. The van der Waals surface area contributed by atoms with E-state index in [2.05, 4.69) is 0 Å². The highest BCUT2D eigenvalue weighted by atomic mass is 16.5. The van der Waals surface area contributed by atoms with Gasteiger partial charge in [-0.2, -0.15) is 0 Å². The van der Waals surface area contributed by atoms with Crippen LogP contribution >= 0.6 is 0 Å². The number of rotatable bonds is 7. The van der Waals surface area contributed by atoms with E-state index in [4.69, 9.17) is 9.47 Å². The number of amides is 1. The molecule has 1 aliphatic heterocycles. The molecule has 6 heteroatoms. The number of nitrogens with zero attached hydrogens (tertiary/aromatic N) is 1. The van der Waals surface area contributed by atoms with Crippen molar-refractivity contribution in [1.82, 2.24) is 0 Å². The second-order valence-corrected chi connectivity index (χ2v) is 7.12. The van der Waals surface area contributed by atoms with Crippen molar-refractivity contribution in [2.75, 3.05) is 18.1 Å². The third-order valence-electron chi connectivity index (χ3n) is 4.91. The van der Waals surface area contributed by atoms with Crippen molar-refractivity contribution in [2.24, 2.45) is 5.92 Å². The Morgan fingerprint density at radius 2 is 1.83 bits per heavy atom. The quantitative estimate of drug-likeness (QED) is 0.529. The fraction of sp³-hybridized carbons (Fsp3) is 0.348. The number of ketones is 1. The molecular weight excluding hydrogens is 370 g/mol. The van der Waals surface area contributed by atoms with Gasteiger partial charge in [0.05, 0.1) is 18.2 Å². The molecule has 1 amide bonds. The van der Waals surface area contributed by atoms with E-state index in [1.165, 1.54) is 0 Å². The smallest absolute Gasteiger partial charge is 0.312 e. The number of carbonyl (C=O) groups is 3. The van der Waals surface area contributed by atoms with Crippen LogP contribution < -0.4 is 9.64 Å². The summed E-state index contributed by atoms with van der Waals surface area (Å²) in [5, 5.41) is 0. The van der Waals surface area contributed by atoms with Gasteiger partial charge in [0.25, 0.3) is 0 Å². The SMILES string of the molecule is CCOc1ccccc1N1C[C@H](C(=O)O[C@H](C)C(=O)c2ccc(C)cc2)CC1=O. The first-order valence-electron chi connectivity index (χ1n) is 9.74. The molecule has 2 aromatic rings. The summed E-state index contributed by atoms with van der Waals surface area (Å²) in [6, 6.07) is 14.3. The molecule has 0 radical (unpaired) electrons. The highest BCUT2D eigenvalue weighted by molar-refractivity contribution is 6.02.